The minimum absolute atomic E-state index is 0.0232. The van der Waals surface area contributed by atoms with Gasteiger partial charge in [-0.2, -0.15) is 17.7 Å². The minimum Gasteiger partial charge on any atom is -0.741 e. The topological polar surface area (TPSA) is 104 Å². The van der Waals surface area contributed by atoms with Crippen LogP contribution in [0.1, 0.15) is 69.9 Å². The summed E-state index contributed by atoms with van der Waals surface area (Å²) in [4.78, 5) is 9.38. The first-order valence-electron chi connectivity index (χ1n) is 18.0. The van der Waals surface area contributed by atoms with E-state index in [0.29, 0.717) is 12.0 Å². The Bertz CT molecular complexity index is 1940. The number of aromatic nitrogens is 2. The van der Waals surface area contributed by atoms with E-state index in [0.717, 1.165) is 51.7 Å². The van der Waals surface area contributed by atoms with Gasteiger partial charge in [-0.05, 0) is 96.0 Å². The average molecular weight is 713 g/mol. The van der Waals surface area contributed by atoms with Crippen molar-refractivity contribution in [3.8, 4) is 0 Å². The van der Waals surface area contributed by atoms with Gasteiger partial charge in [0.1, 0.15) is 12.6 Å². The highest BCUT2D eigenvalue weighted by Gasteiger charge is 2.66. The molecule has 2 N–H and O–H groups in total. The van der Waals surface area contributed by atoms with Crippen molar-refractivity contribution in [1.82, 2.24) is 14.8 Å². The number of halogens is 3. The van der Waals surface area contributed by atoms with E-state index in [9.17, 15) is 18.3 Å². The zero-order chi connectivity index (χ0) is 35.3. The first kappa shape index (κ1) is 35.4. The molecule has 8 nitrogen and oxygen atoms in total. The molecule has 50 heavy (non-hydrogen) atoms. The van der Waals surface area contributed by atoms with Gasteiger partial charge >= 0.3 is 5.51 Å². The highest BCUT2D eigenvalue weighted by Crippen LogP contribution is 2.61. The van der Waals surface area contributed by atoms with Gasteiger partial charge in [-0.3, -0.25) is 4.90 Å². The van der Waals surface area contributed by atoms with Gasteiger partial charge in [0, 0.05) is 51.8 Å². The molecule has 0 amide bonds. The number of fused-ring (bicyclic) bond motifs is 5. The SMILES string of the molecule is C[n+]1ccc2c([nH]c3ccccc32)c1C1=C[C@@]2(O)CC/C=C\CCCCN3CC[C@@H]1[C@]1(C[C@@H]4/C=C\CCCCN4[C@H]12)C3.O=S(=O)([O-])C(F)(F)F. The number of nitrogens with one attached hydrogen (secondary N) is 1. The molecule has 3 aromatic rings. The Labute approximate surface area is 292 Å². The number of aromatic amines is 1. The second-order valence-corrected chi connectivity index (χ2v) is 16.3. The van der Waals surface area contributed by atoms with Crippen LogP contribution in [0.4, 0.5) is 13.2 Å². The quantitative estimate of drug-likeness (QED) is 0.132. The summed E-state index contributed by atoms with van der Waals surface area (Å²) >= 11 is 0. The summed E-state index contributed by atoms with van der Waals surface area (Å²) in [5, 5.41) is 15.7. The Morgan fingerprint density at radius 1 is 0.980 bits per heavy atom. The lowest BCUT2D eigenvalue weighted by Crippen LogP contribution is -2.66. The number of para-hydroxylation sites is 1. The number of aliphatic hydroxyl groups is 1. The molecule has 6 heterocycles. The van der Waals surface area contributed by atoms with Crippen molar-refractivity contribution in [3.05, 3.63) is 72.6 Å². The molecule has 12 heteroatoms. The van der Waals surface area contributed by atoms with Gasteiger partial charge in [0.15, 0.2) is 16.3 Å². The van der Waals surface area contributed by atoms with Gasteiger partial charge in [0.2, 0.25) is 5.69 Å². The zero-order valence-electron chi connectivity index (χ0n) is 28.5. The van der Waals surface area contributed by atoms with Crippen LogP contribution in [-0.2, 0) is 17.2 Å². The number of benzene rings is 1. The molecule has 0 saturated carbocycles. The molecule has 4 aliphatic heterocycles. The number of piperidine rings is 1. The fourth-order valence-electron chi connectivity index (χ4n) is 9.90. The lowest BCUT2D eigenvalue weighted by molar-refractivity contribution is -0.672. The van der Waals surface area contributed by atoms with E-state index in [2.05, 4.69) is 93.3 Å². The molecule has 3 bridgehead atoms. The van der Waals surface area contributed by atoms with Crippen molar-refractivity contribution in [2.45, 2.75) is 87.4 Å². The summed E-state index contributed by atoms with van der Waals surface area (Å²) in [6.45, 7) is 4.53. The van der Waals surface area contributed by atoms with Gasteiger partial charge in [-0.1, -0.05) is 42.5 Å². The number of hydrogen-bond donors (Lipinski definition) is 2. The second-order valence-electron chi connectivity index (χ2n) is 14.9. The maximum absolute atomic E-state index is 13.2. The van der Waals surface area contributed by atoms with Crippen LogP contribution in [0.15, 0.2) is 66.9 Å². The lowest BCUT2D eigenvalue weighted by Gasteiger charge is -2.57. The Morgan fingerprint density at radius 2 is 1.70 bits per heavy atom. The van der Waals surface area contributed by atoms with Crippen LogP contribution < -0.4 is 4.57 Å². The fourth-order valence-corrected chi connectivity index (χ4v) is 9.90. The predicted molar refractivity (Wildman–Crippen MR) is 187 cm³/mol. The van der Waals surface area contributed by atoms with Gasteiger partial charge in [0.25, 0.3) is 0 Å². The van der Waals surface area contributed by atoms with E-state index < -0.39 is 21.2 Å². The standard InChI is InChI=1S/C37H46N4O.CHF3O3S/c1-39-22-17-29-28-15-9-10-16-32(28)38-33(29)34(39)30-25-37(42)19-11-5-2-3-6-12-20-40-23-18-31(30)36(26-40)24-27-14-8-4-7-13-21-41(27)35(36)37;2-1(3,4)8(5,6)7/h2,5,8-10,14-17,22,25,27,31,35,42H,3-4,6-7,11-13,18-21,23-24,26H2,1H3;(H,5,6,7)/b5-2-,14-8-;/t27-,31-,35+,36-,37-;/m0./s1. The maximum Gasteiger partial charge on any atom is 0.485 e. The molecule has 270 valence electrons. The zero-order valence-corrected chi connectivity index (χ0v) is 29.4. The Kier molecular flexibility index (Phi) is 9.55. The number of H-pyrrole nitrogens is 1. The maximum atomic E-state index is 13.2. The van der Waals surface area contributed by atoms with E-state index in [4.69, 9.17) is 13.0 Å². The van der Waals surface area contributed by atoms with Crippen LogP contribution in [0.5, 0.6) is 0 Å². The number of pyridine rings is 1. The second kappa shape index (κ2) is 13.5. The number of aryl methyl sites for hydroxylation is 1. The third-order valence-corrected chi connectivity index (χ3v) is 12.4. The van der Waals surface area contributed by atoms with Crippen LogP contribution in [0.25, 0.3) is 27.4 Å². The molecule has 2 aromatic heterocycles. The summed E-state index contributed by atoms with van der Waals surface area (Å²) < 4.78 is 61.2. The van der Waals surface area contributed by atoms with Crippen molar-refractivity contribution in [2.75, 3.05) is 26.2 Å². The number of rotatable bonds is 1. The summed E-state index contributed by atoms with van der Waals surface area (Å²) in [6.07, 6.45) is 25.7. The van der Waals surface area contributed by atoms with Crippen LogP contribution in [0.2, 0.25) is 0 Å². The predicted octanol–water partition coefficient (Wildman–Crippen LogP) is 6.34. The van der Waals surface area contributed by atoms with E-state index in [-0.39, 0.29) is 11.5 Å². The molecule has 2 saturated heterocycles. The fraction of sp³-hybridized carbons (Fsp3) is 0.553. The molecule has 8 rings (SSSR count). The summed E-state index contributed by atoms with van der Waals surface area (Å²) in [6, 6.07) is 11.5. The number of nitrogens with zero attached hydrogens (tertiary/aromatic N) is 3. The van der Waals surface area contributed by atoms with Crippen molar-refractivity contribution in [1.29, 1.82) is 0 Å². The molecule has 1 aliphatic carbocycles. The van der Waals surface area contributed by atoms with E-state index in [1.165, 1.54) is 71.7 Å². The average Bonchev–Trinajstić information content (AvgIpc) is 3.56. The van der Waals surface area contributed by atoms with Crippen LogP contribution in [0.3, 0.4) is 0 Å². The number of alkyl halides is 3. The third kappa shape index (κ3) is 6.35. The molecule has 0 radical (unpaired) electrons. The van der Waals surface area contributed by atoms with Gasteiger partial charge in [-0.25, -0.2) is 8.42 Å². The van der Waals surface area contributed by atoms with E-state index in [1.54, 1.807) is 0 Å². The van der Waals surface area contributed by atoms with Crippen LogP contribution in [-0.4, -0.2) is 82.2 Å². The number of hydrogen-bond acceptors (Lipinski definition) is 6. The Balaban J connectivity index is 0.000000440. The monoisotopic (exact) mass is 712 g/mol. The largest absolute Gasteiger partial charge is 0.741 e. The lowest BCUT2D eigenvalue weighted by atomic mass is 9.54. The molecule has 1 spiro atoms. The smallest absolute Gasteiger partial charge is 0.485 e. The normalized spacial score (nSPS) is 33.4. The van der Waals surface area contributed by atoms with Gasteiger partial charge in [-0.15, -0.1) is 0 Å². The highest BCUT2D eigenvalue weighted by atomic mass is 32.2. The van der Waals surface area contributed by atoms with Gasteiger partial charge < -0.3 is 19.5 Å². The molecular weight excluding hydrogens is 666 g/mol. The first-order chi connectivity index (χ1) is 23.8. The number of allylic oxidation sites excluding steroid dienone is 4. The summed E-state index contributed by atoms with van der Waals surface area (Å²) in [5.41, 5.74) is -1.45. The van der Waals surface area contributed by atoms with E-state index >= 15 is 0 Å². The van der Waals surface area contributed by atoms with Crippen LogP contribution >= 0.6 is 0 Å². The van der Waals surface area contributed by atoms with Crippen molar-refractivity contribution in [3.63, 3.8) is 0 Å². The molecule has 2 fully saturated rings. The van der Waals surface area contributed by atoms with E-state index in [1.807, 2.05) is 0 Å². The van der Waals surface area contributed by atoms with Crippen molar-refractivity contribution >= 4 is 37.5 Å². The van der Waals surface area contributed by atoms with Gasteiger partial charge in [0.05, 0.1) is 11.6 Å². The third-order valence-electron chi connectivity index (χ3n) is 11.8. The summed E-state index contributed by atoms with van der Waals surface area (Å²) in [7, 11) is -3.89. The first-order valence-corrected chi connectivity index (χ1v) is 19.4. The minimum atomic E-state index is -6.09. The molecule has 1 aromatic carbocycles. The Hall–Kier alpha value is -3.03. The highest BCUT2D eigenvalue weighted by molar-refractivity contribution is 7.86. The molecular formula is C38H47F3N4O4S. The molecule has 6 atom stereocenters. The molecule has 5 aliphatic rings. The van der Waals surface area contributed by atoms with Crippen molar-refractivity contribution < 1.29 is 35.8 Å². The van der Waals surface area contributed by atoms with Crippen LogP contribution in [0, 0.1) is 11.3 Å². The van der Waals surface area contributed by atoms with Crippen molar-refractivity contribution in [2.24, 2.45) is 18.4 Å². The Morgan fingerprint density at radius 3 is 2.48 bits per heavy atom. The molecule has 1 unspecified atom stereocenters. The summed E-state index contributed by atoms with van der Waals surface area (Å²) in [5.74, 6) is 0.421.